The van der Waals surface area contributed by atoms with Crippen LogP contribution in [0.3, 0.4) is 0 Å². The van der Waals surface area contributed by atoms with Crippen LogP contribution in [0, 0.1) is 5.92 Å². The zero-order valence-electron chi connectivity index (χ0n) is 9.39. The van der Waals surface area contributed by atoms with Crippen LogP contribution in [0.15, 0.2) is 18.5 Å². The van der Waals surface area contributed by atoms with E-state index >= 15 is 0 Å². The van der Waals surface area contributed by atoms with Crippen LogP contribution in [0.2, 0.25) is 5.15 Å². The lowest BCUT2D eigenvalue weighted by atomic mass is 9.93. The molecular weight excluding hydrogens is 224 g/mol. The Morgan fingerprint density at radius 2 is 2.19 bits per heavy atom. The Hall–Kier alpha value is -1.13. The molecular formula is C11H15ClN4. The summed E-state index contributed by atoms with van der Waals surface area (Å²) in [5.74, 6) is 0.755. The molecule has 0 aliphatic carbocycles. The highest BCUT2D eigenvalue weighted by atomic mass is 35.5. The molecule has 0 saturated heterocycles. The first-order valence-electron chi connectivity index (χ1n) is 5.33. The number of rotatable bonds is 3. The van der Waals surface area contributed by atoms with Crippen molar-refractivity contribution in [2.24, 2.45) is 11.7 Å². The van der Waals surface area contributed by atoms with Gasteiger partial charge in [0.15, 0.2) is 5.15 Å². The molecule has 2 aromatic rings. The Balaban J connectivity index is 2.57. The van der Waals surface area contributed by atoms with E-state index in [-0.39, 0.29) is 5.92 Å². The number of fused-ring (bicyclic) bond motifs is 1. The predicted molar refractivity (Wildman–Crippen MR) is 64.6 cm³/mol. The minimum Gasteiger partial charge on any atom is -0.330 e. The number of hydrogen-bond acceptors (Lipinski definition) is 3. The summed E-state index contributed by atoms with van der Waals surface area (Å²) in [6.07, 6.45) is 1.47. The van der Waals surface area contributed by atoms with Crippen LogP contribution in [-0.2, 0) is 0 Å². The topological polar surface area (TPSA) is 56.2 Å². The van der Waals surface area contributed by atoms with Crippen LogP contribution in [0.4, 0.5) is 0 Å². The maximum atomic E-state index is 5.99. The lowest BCUT2D eigenvalue weighted by molar-refractivity contribution is 0.487. The predicted octanol–water partition coefficient (Wildman–Crippen LogP) is 2.08. The molecule has 0 saturated carbocycles. The smallest absolute Gasteiger partial charge is 0.156 e. The van der Waals surface area contributed by atoms with Crippen LogP contribution in [-0.4, -0.2) is 21.1 Å². The molecule has 0 aliphatic heterocycles. The number of halogens is 1. The van der Waals surface area contributed by atoms with E-state index in [0.717, 1.165) is 11.2 Å². The lowest BCUT2D eigenvalue weighted by Gasteiger charge is -2.18. The molecule has 4 nitrogen and oxygen atoms in total. The average Bonchev–Trinajstić information content (AvgIpc) is 2.64. The number of nitrogens with two attached hydrogens (primary N) is 1. The van der Waals surface area contributed by atoms with E-state index in [2.05, 4.69) is 23.9 Å². The third-order valence-electron chi connectivity index (χ3n) is 2.87. The lowest BCUT2D eigenvalue weighted by Crippen LogP contribution is -2.20. The van der Waals surface area contributed by atoms with Crippen molar-refractivity contribution in [1.82, 2.24) is 14.6 Å². The molecule has 5 heteroatoms. The normalized spacial score (nSPS) is 13.6. The highest BCUT2D eigenvalue weighted by Crippen LogP contribution is 2.26. The van der Waals surface area contributed by atoms with Gasteiger partial charge in [-0.05, 0) is 18.1 Å². The summed E-state index contributed by atoms with van der Waals surface area (Å²) >= 11 is 5.99. The van der Waals surface area contributed by atoms with E-state index in [4.69, 9.17) is 17.3 Å². The molecule has 1 unspecified atom stereocenters. The van der Waals surface area contributed by atoms with Crippen molar-refractivity contribution in [2.75, 3.05) is 6.54 Å². The molecule has 0 fully saturated rings. The van der Waals surface area contributed by atoms with Gasteiger partial charge in [-0.1, -0.05) is 25.4 Å². The summed E-state index contributed by atoms with van der Waals surface area (Å²) < 4.78 is 1.83. The van der Waals surface area contributed by atoms with Crippen molar-refractivity contribution < 1.29 is 0 Å². The third kappa shape index (κ3) is 1.79. The molecule has 0 amide bonds. The molecule has 0 spiro atoms. The molecule has 0 bridgehead atoms. The SMILES string of the molecule is CC(C)C(CN)c1ccc2c(Cl)ncnn12. The van der Waals surface area contributed by atoms with Gasteiger partial charge in [-0.3, -0.25) is 0 Å². The first kappa shape index (κ1) is 11.4. The van der Waals surface area contributed by atoms with Crippen LogP contribution in [0.25, 0.3) is 5.52 Å². The van der Waals surface area contributed by atoms with E-state index in [1.54, 1.807) is 0 Å². The molecule has 2 aromatic heterocycles. The number of nitrogens with zero attached hydrogens (tertiary/aromatic N) is 3. The summed E-state index contributed by atoms with van der Waals surface area (Å²) in [7, 11) is 0. The van der Waals surface area contributed by atoms with E-state index < -0.39 is 0 Å². The Morgan fingerprint density at radius 1 is 1.44 bits per heavy atom. The van der Waals surface area contributed by atoms with Gasteiger partial charge < -0.3 is 5.73 Å². The quantitative estimate of drug-likeness (QED) is 0.891. The van der Waals surface area contributed by atoms with Crippen LogP contribution < -0.4 is 5.73 Å². The van der Waals surface area contributed by atoms with Crippen molar-refractivity contribution in [3.63, 3.8) is 0 Å². The van der Waals surface area contributed by atoms with Crippen molar-refractivity contribution in [3.05, 3.63) is 29.3 Å². The molecule has 0 aliphatic rings. The molecule has 0 radical (unpaired) electrons. The molecule has 2 N–H and O–H groups in total. The molecule has 86 valence electrons. The maximum absolute atomic E-state index is 5.99. The summed E-state index contributed by atoms with van der Waals surface area (Å²) in [5.41, 5.74) is 7.73. The van der Waals surface area contributed by atoms with Crippen LogP contribution in [0.5, 0.6) is 0 Å². The third-order valence-corrected chi connectivity index (χ3v) is 3.16. The fourth-order valence-electron chi connectivity index (χ4n) is 1.94. The Labute approximate surface area is 99.4 Å². The van der Waals surface area contributed by atoms with Crippen molar-refractivity contribution >= 4 is 17.1 Å². The molecule has 2 heterocycles. The van der Waals surface area contributed by atoms with E-state index in [1.807, 2.05) is 16.6 Å². The van der Waals surface area contributed by atoms with Gasteiger partial charge in [-0.2, -0.15) is 5.10 Å². The fraction of sp³-hybridized carbons (Fsp3) is 0.455. The van der Waals surface area contributed by atoms with Gasteiger partial charge in [0, 0.05) is 18.2 Å². The highest BCUT2D eigenvalue weighted by Gasteiger charge is 2.18. The van der Waals surface area contributed by atoms with Gasteiger partial charge in [0.1, 0.15) is 11.8 Å². The second-order valence-electron chi connectivity index (χ2n) is 4.19. The molecule has 1 atom stereocenters. The van der Waals surface area contributed by atoms with E-state index in [1.165, 1.54) is 6.33 Å². The van der Waals surface area contributed by atoms with Crippen molar-refractivity contribution in [2.45, 2.75) is 19.8 Å². The first-order chi connectivity index (χ1) is 7.65. The maximum Gasteiger partial charge on any atom is 0.156 e. The van der Waals surface area contributed by atoms with Gasteiger partial charge in [-0.15, -0.1) is 0 Å². The van der Waals surface area contributed by atoms with E-state index in [9.17, 15) is 0 Å². The Kier molecular flexibility index (Phi) is 3.12. The fourth-order valence-corrected chi connectivity index (χ4v) is 2.13. The zero-order valence-corrected chi connectivity index (χ0v) is 10.1. The minimum absolute atomic E-state index is 0.286. The zero-order chi connectivity index (χ0) is 11.7. The van der Waals surface area contributed by atoms with Gasteiger partial charge in [0.05, 0.1) is 0 Å². The standard InChI is InChI=1S/C11H15ClN4/c1-7(2)8(5-13)9-3-4-10-11(12)14-6-15-16(9)10/h3-4,6-8H,5,13H2,1-2H3. The highest BCUT2D eigenvalue weighted by molar-refractivity contribution is 6.32. The van der Waals surface area contributed by atoms with Crippen LogP contribution in [0.1, 0.15) is 25.5 Å². The monoisotopic (exact) mass is 238 g/mol. The molecule has 2 rings (SSSR count). The van der Waals surface area contributed by atoms with Crippen molar-refractivity contribution in [1.29, 1.82) is 0 Å². The van der Waals surface area contributed by atoms with E-state index in [0.29, 0.717) is 17.6 Å². The minimum atomic E-state index is 0.286. The van der Waals surface area contributed by atoms with Gasteiger partial charge in [0.2, 0.25) is 0 Å². The summed E-state index contributed by atoms with van der Waals surface area (Å²) in [6.45, 7) is 4.91. The average molecular weight is 239 g/mol. The number of hydrogen-bond donors (Lipinski definition) is 1. The largest absolute Gasteiger partial charge is 0.330 e. The molecule has 0 aromatic carbocycles. The molecule has 16 heavy (non-hydrogen) atoms. The summed E-state index contributed by atoms with van der Waals surface area (Å²) in [4.78, 5) is 3.95. The Bertz CT molecular complexity index is 492. The summed E-state index contributed by atoms with van der Waals surface area (Å²) in [6, 6.07) is 3.95. The second-order valence-corrected chi connectivity index (χ2v) is 4.55. The van der Waals surface area contributed by atoms with Crippen molar-refractivity contribution in [3.8, 4) is 0 Å². The van der Waals surface area contributed by atoms with Gasteiger partial charge in [-0.25, -0.2) is 9.50 Å². The van der Waals surface area contributed by atoms with Crippen LogP contribution >= 0.6 is 11.6 Å². The number of aromatic nitrogens is 3. The summed E-state index contributed by atoms with van der Waals surface area (Å²) in [5, 5.41) is 4.69. The van der Waals surface area contributed by atoms with Gasteiger partial charge in [0.25, 0.3) is 0 Å². The Morgan fingerprint density at radius 3 is 2.81 bits per heavy atom. The first-order valence-corrected chi connectivity index (χ1v) is 5.71. The van der Waals surface area contributed by atoms with Gasteiger partial charge >= 0.3 is 0 Å². The second kappa shape index (κ2) is 4.39.